The van der Waals surface area contributed by atoms with Gasteiger partial charge in [-0.05, 0) is 30.7 Å². The van der Waals surface area contributed by atoms with Gasteiger partial charge in [-0.25, -0.2) is 17.5 Å². The van der Waals surface area contributed by atoms with Crippen LogP contribution in [0, 0.1) is 5.82 Å². The Hall–Kier alpha value is -2.98. The van der Waals surface area contributed by atoms with Gasteiger partial charge in [0.2, 0.25) is 15.8 Å². The molecule has 30 heavy (non-hydrogen) atoms. The van der Waals surface area contributed by atoms with E-state index in [1.807, 2.05) is 0 Å². The summed E-state index contributed by atoms with van der Waals surface area (Å²) in [6.07, 6.45) is 0.0602. The highest BCUT2D eigenvalue weighted by atomic mass is 32.2. The van der Waals surface area contributed by atoms with E-state index in [0.717, 1.165) is 6.07 Å². The average Bonchev–Trinajstić information content (AvgIpc) is 2.75. The van der Waals surface area contributed by atoms with E-state index in [4.69, 9.17) is 14.2 Å². The number of benzene rings is 2. The van der Waals surface area contributed by atoms with Crippen molar-refractivity contribution in [2.45, 2.75) is 17.7 Å². The van der Waals surface area contributed by atoms with Gasteiger partial charge in [0.25, 0.3) is 0 Å². The Bertz CT molecular complexity index is 1040. The molecule has 2 aromatic rings. The molecule has 0 atom stereocenters. The number of fused-ring (bicyclic) bond motifs is 1. The molecule has 1 N–H and O–H groups in total. The third kappa shape index (κ3) is 5.55. The molecular formula is C20H20FNO7S. The van der Waals surface area contributed by atoms with Gasteiger partial charge in [-0.1, -0.05) is 12.1 Å². The molecule has 0 saturated carbocycles. The lowest BCUT2D eigenvalue weighted by Crippen LogP contribution is -2.26. The largest absolute Gasteiger partial charge is 0.486 e. The molecule has 0 fully saturated rings. The Balaban J connectivity index is 1.42. The zero-order chi connectivity index (χ0) is 21.6. The Kier molecular flexibility index (Phi) is 7.01. The minimum atomic E-state index is -3.79. The number of Topliss-reactive ketones (excluding diaryl/α,β-unsaturated/α-hetero) is 1. The third-order valence-electron chi connectivity index (χ3n) is 4.21. The first kappa shape index (κ1) is 21.7. The van der Waals surface area contributed by atoms with Gasteiger partial charge in [0.1, 0.15) is 19.0 Å². The van der Waals surface area contributed by atoms with Crippen molar-refractivity contribution in [2.24, 2.45) is 0 Å². The number of carbonyl (C=O) groups is 2. The number of sulfonamides is 1. The molecule has 0 saturated heterocycles. The van der Waals surface area contributed by atoms with Crippen LogP contribution in [0.2, 0.25) is 0 Å². The Morgan fingerprint density at radius 2 is 1.80 bits per heavy atom. The first-order valence-electron chi connectivity index (χ1n) is 9.19. The topological polar surface area (TPSA) is 108 Å². The molecular weight excluding hydrogens is 417 g/mol. The molecule has 0 bridgehead atoms. The molecule has 3 rings (SSSR count). The number of ketones is 1. The number of ether oxygens (including phenoxy) is 3. The SMILES string of the molecule is O=C(CCCNS(=O)(=O)c1ccc2c(c1)OCCO2)OCC(=O)c1ccccc1F. The molecule has 1 heterocycles. The summed E-state index contributed by atoms with van der Waals surface area (Å²) in [7, 11) is -3.79. The highest BCUT2D eigenvalue weighted by molar-refractivity contribution is 7.89. The van der Waals surface area contributed by atoms with Crippen molar-refractivity contribution in [3.8, 4) is 11.5 Å². The maximum Gasteiger partial charge on any atom is 0.306 e. The zero-order valence-electron chi connectivity index (χ0n) is 15.9. The molecule has 2 aromatic carbocycles. The Morgan fingerprint density at radius 3 is 2.57 bits per heavy atom. The molecule has 0 amide bonds. The van der Waals surface area contributed by atoms with Gasteiger partial charge >= 0.3 is 5.97 Å². The number of carbonyl (C=O) groups excluding carboxylic acids is 2. The summed E-state index contributed by atoms with van der Waals surface area (Å²) in [6.45, 7) is 0.153. The minimum Gasteiger partial charge on any atom is -0.486 e. The van der Waals surface area contributed by atoms with Crippen molar-refractivity contribution >= 4 is 21.8 Å². The predicted molar refractivity (Wildman–Crippen MR) is 104 cm³/mol. The van der Waals surface area contributed by atoms with Gasteiger partial charge in [-0.2, -0.15) is 0 Å². The normalized spacial score (nSPS) is 13.0. The molecule has 0 radical (unpaired) electrons. The summed E-state index contributed by atoms with van der Waals surface area (Å²) in [4.78, 5) is 23.6. The number of rotatable bonds is 9. The number of esters is 1. The van der Waals surface area contributed by atoms with Crippen molar-refractivity contribution in [3.63, 3.8) is 0 Å². The van der Waals surface area contributed by atoms with Gasteiger partial charge in [0.05, 0.1) is 10.5 Å². The van der Waals surface area contributed by atoms with Crippen molar-refractivity contribution in [1.82, 2.24) is 4.72 Å². The highest BCUT2D eigenvalue weighted by Crippen LogP contribution is 2.32. The summed E-state index contributed by atoms with van der Waals surface area (Å²) in [5.74, 6) is -1.19. The van der Waals surface area contributed by atoms with Crippen LogP contribution in [-0.2, 0) is 19.6 Å². The first-order valence-corrected chi connectivity index (χ1v) is 10.7. The van der Waals surface area contributed by atoms with Crippen LogP contribution in [0.15, 0.2) is 47.4 Å². The van der Waals surface area contributed by atoms with Gasteiger partial charge < -0.3 is 14.2 Å². The van der Waals surface area contributed by atoms with Crippen LogP contribution in [0.3, 0.4) is 0 Å². The van der Waals surface area contributed by atoms with Crippen molar-refractivity contribution < 1.29 is 36.6 Å². The highest BCUT2D eigenvalue weighted by Gasteiger charge is 2.19. The smallest absolute Gasteiger partial charge is 0.306 e. The van der Waals surface area contributed by atoms with Crippen LogP contribution in [0.25, 0.3) is 0 Å². The van der Waals surface area contributed by atoms with E-state index < -0.39 is 34.2 Å². The Morgan fingerprint density at radius 1 is 1.07 bits per heavy atom. The fourth-order valence-electron chi connectivity index (χ4n) is 2.70. The Labute approximate surface area is 173 Å². The second kappa shape index (κ2) is 9.68. The lowest BCUT2D eigenvalue weighted by atomic mass is 10.1. The monoisotopic (exact) mass is 437 g/mol. The molecule has 8 nitrogen and oxygen atoms in total. The lowest BCUT2D eigenvalue weighted by molar-refractivity contribution is -0.142. The number of hydrogen-bond donors (Lipinski definition) is 1. The summed E-state index contributed by atoms with van der Waals surface area (Å²) in [5, 5.41) is 0. The van der Waals surface area contributed by atoms with Crippen LogP contribution in [0.5, 0.6) is 11.5 Å². The molecule has 0 unspecified atom stereocenters. The molecule has 0 aromatic heterocycles. The third-order valence-corrected chi connectivity index (χ3v) is 5.67. The van der Waals surface area contributed by atoms with E-state index in [2.05, 4.69) is 4.72 Å². The number of hydrogen-bond acceptors (Lipinski definition) is 7. The summed E-state index contributed by atoms with van der Waals surface area (Å²) < 4.78 is 56.2. The zero-order valence-corrected chi connectivity index (χ0v) is 16.7. The second-order valence-corrected chi connectivity index (χ2v) is 8.14. The summed E-state index contributed by atoms with van der Waals surface area (Å²) >= 11 is 0. The summed E-state index contributed by atoms with van der Waals surface area (Å²) in [5.41, 5.74) is -0.155. The van der Waals surface area contributed by atoms with E-state index in [1.165, 1.54) is 36.4 Å². The van der Waals surface area contributed by atoms with Gasteiger partial charge in [-0.3, -0.25) is 9.59 Å². The predicted octanol–water partition coefficient (Wildman–Crippen LogP) is 2.08. The molecule has 1 aliphatic heterocycles. The van der Waals surface area contributed by atoms with Crippen LogP contribution in [0.4, 0.5) is 4.39 Å². The van der Waals surface area contributed by atoms with Crippen LogP contribution >= 0.6 is 0 Å². The first-order chi connectivity index (χ1) is 14.4. The van der Waals surface area contributed by atoms with Crippen LogP contribution < -0.4 is 14.2 Å². The van der Waals surface area contributed by atoms with E-state index in [9.17, 15) is 22.4 Å². The maximum absolute atomic E-state index is 13.5. The van der Waals surface area contributed by atoms with Gasteiger partial charge in [-0.15, -0.1) is 0 Å². The molecule has 1 aliphatic rings. The number of nitrogens with one attached hydrogen (secondary N) is 1. The quantitative estimate of drug-likeness (QED) is 0.364. The van der Waals surface area contributed by atoms with Crippen molar-refractivity contribution in [3.05, 3.63) is 53.8 Å². The molecule has 160 valence electrons. The summed E-state index contributed by atoms with van der Waals surface area (Å²) in [6, 6.07) is 9.70. The van der Waals surface area contributed by atoms with E-state index in [1.54, 1.807) is 0 Å². The van der Waals surface area contributed by atoms with Crippen LogP contribution in [-0.4, -0.2) is 46.5 Å². The van der Waals surface area contributed by atoms with Crippen LogP contribution in [0.1, 0.15) is 23.2 Å². The molecule has 0 aliphatic carbocycles. The average molecular weight is 437 g/mol. The van der Waals surface area contributed by atoms with Crippen molar-refractivity contribution in [1.29, 1.82) is 0 Å². The fraction of sp³-hybridized carbons (Fsp3) is 0.300. The molecule has 10 heteroatoms. The van der Waals surface area contributed by atoms with Gasteiger partial charge in [0, 0.05) is 19.0 Å². The fourth-order valence-corrected chi connectivity index (χ4v) is 3.79. The van der Waals surface area contributed by atoms with E-state index >= 15 is 0 Å². The second-order valence-electron chi connectivity index (χ2n) is 6.37. The van der Waals surface area contributed by atoms with Gasteiger partial charge in [0.15, 0.2) is 18.1 Å². The number of halogens is 1. The maximum atomic E-state index is 13.5. The lowest BCUT2D eigenvalue weighted by Gasteiger charge is -2.18. The minimum absolute atomic E-state index is 0.00681. The van der Waals surface area contributed by atoms with E-state index in [-0.39, 0.29) is 29.8 Å². The van der Waals surface area contributed by atoms with Crippen molar-refractivity contribution in [2.75, 3.05) is 26.4 Å². The van der Waals surface area contributed by atoms with E-state index in [0.29, 0.717) is 24.7 Å². The molecule has 0 spiro atoms. The standard InChI is InChI=1S/C20H20FNO7S/c21-16-5-2-1-4-15(16)17(23)13-29-20(24)6-3-9-22-30(25,26)14-7-8-18-19(12-14)28-11-10-27-18/h1-2,4-5,7-8,12,22H,3,6,9-11,13H2.